The zero-order chi connectivity index (χ0) is 15.8. The molecule has 1 N–H and O–H groups in total. The molecule has 0 aromatic carbocycles. The molecule has 1 amide bonds. The lowest BCUT2D eigenvalue weighted by Crippen LogP contribution is -2.51. The summed E-state index contributed by atoms with van der Waals surface area (Å²) in [5.74, 6) is -1.91. The van der Waals surface area contributed by atoms with Crippen LogP contribution in [0.5, 0.6) is 0 Å². The summed E-state index contributed by atoms with van der Waals surface area (Å²) in [6.45, 7) is 0.0201. The number of hydrogen-bond donors (Lipinski definition) is 1. The van der Waals surface area contributed by atoms with Crippen LogP contribution in [0.1, 0.15) is 16.1 Å². The summed E-state index contributed by atoms with van der Waals surface area (Å²) < 4.78 is 24.8. The molecule has 116 valence electrons. The Kier molecular flexibility index (Phi) is 5.11. The zero-order valence-electron chi connectivity index (χ0n) is 10.6. The predicted octanol–water partition coefficient (Wildman–Crippen LogP) is 1.99. The van der Waals surface area contributed by atoms with E-state index in [-0.39, 0.29) is 30.4 Å². The molecule has 0 bridgehead atoms. The molecule has 0 spiro atoms. The lowest BCUT2D eigenvalue weighted by molar-refractivity contribution is -0.138. The molecule has 10 heteroatoms. The second-order valence-electron chi connectivity index (χ2n) is 4.60. The van der Waals surface area contributed by atoms with E-state index in [2.05, 4.69) is 31.9 Å². The number of rotatable bonds is 3. The van der Waals surface area contributed by atoms with Crippen molar-refractivity contribution in [3.8, 4) is 0 Å². The maximum Gasteiger partial charge on any atom is 0.305 e. The topological polar surface area (TPSA) is 91.8 Å². The Labute approximate surface area is 142 Å². The van der Waals surface area contributed by atoms with E-state index in [1.54, 1.807) is 6.07 Å². The van der Waals surface area contributed by atoms with Gasteiger partial charge in [-0.25, -0.2) is 8.42 Å². The van der Waals surface area contributed by atoms with Crippen LogP contribution in [0.3, 0.4) is 0 Å². The highest BCUT2D eigenvalue weighted by Crippen LogP contribution is 2.33. The second kappa shape index (κ2) is 6.35. The van der Waals surface area contributed by atoms with Crippen molar-refractivity contribution in [3.63, 3.8) is 0 Å². The van der Waals surface area contributed by atoms with Gasteiger partial charge in [0.1, 0.15) is 0 Å². The van der Waals surface area contributed by atoms with E-state index in [1.807, 2.05) is 0 Å². The van der Waals surface area contributed by atoms with Crippen LogP contribution in [0.4, 0.5) is 0 Å². The van der Waals surface area contributed by atoms with Gasteiger partial charge in [-0.15, -0.1) is 11.3 Å². The SMILES string of the molecule is O=C(O)CC1CS(=O)(=O)CCN1C(=O)c1cc(Br)c(Br)s1. The number of carbonyl (C=O) groups excluding carboxylic acids is 1. The molecule has 6 nitrogen and oxygen atoms in total. The lowest BCUT2D eigenvalue weighted by Gasteiger charge is -2.34. The number of amides is 1. The standard InChI is InChI=1S/C11H11Br2NO5S2/c12-7-4-8(20-10(7)13)11(17)14-1-2-21(18,19)5-6(14)3-9(15)16/h4,6H,1-3,5H2,(H,15,16). The van der Waals surface area contributed by atoms with Gasteiger partial charge in [-0.05, 0) is 37.9 Å². The fraction of sp³-hybridized carbons (Fsp3) is 0.455. The minimum Gasteiger partial charge on any atom is -0.481 e. The summed E-state index contributed by atoms with van der Waals surface area (Å²) in [7, 11) is -3.30. The Bertz CT molecular complexity index is 665. The fourth-order valence-corrected chi connectivity index (χ4v) is 5.64. The third-order valence-electron chi connectivity index (χ3n) is 3.06. The fourth-order valence-electron chi connectivity index (χ4n) is 2.12. The van der Waals surface area contributed by atoms with Gasteiger partial charge in [0.15, 0.2) is 9.84 Å². The van der Waals surface area contributed by atoms with E-state index in [4.69, 9.17) is 5.11 Å². The van der Waals surface area contributed by atoms with Gasteiger partial charge in [-0.2, -0.15) is 0 Å². The maximum atomic E-state index is 12.5. The van der Waals surface area contributed by atoms with Crippen molar-refractivity contribution in [2.75, 3.05) is 18.1 Å². The monoisotopic (exact) mass is 459 g/mol. The Morgan fingerprint density at radius 1 is 1.43 bits per heavy atom. The van der Waals surface area contributed by atoms with Crippen molar-refractivity contribution in [2.45, 2.75) is 12.5 Å². The van der Waals surface area contributed by atoms with Crippen LogP contribution in [0.15, 0.2) is 14.3 Å². The van der Waals surface area contributed by atoms with Crippen LogP contribution in [-0.2, 0) is 14.6 Å². The lowest BCUT2D eigenvalue weighted by atomic mass is 10.2. The van der Waals surface area contributed by atoms with E-state index in [0.29, 0.717) is 4.88 Å². The first-order valence-corrected chi connectivity index (χ1v) is 10.1. The minimum atomic E-state index is -3.30. The van der Waals surface area contributed by atoms with Gasteiger partial charge < -0.3 is 10.0 Å². The van der Waals surface area contributed by atoms with Crippen molar-refractivity contribution in [3.05, 3.63) is 19.2 Å². The molecule has 1 saturated heterocycles. The average Bonchev–Trinajstić information content (AvgIpc) is 2.67. The Morgan fingerprint density at radius 2 is 2.10 bits per heavy atom. The van der Waals surface area contributed by atoms with E-state index in [0.717, 1.165) is 8.26 Å². The molecule has 0 saturated carbocycles. The molecular weight excluding hydrogens is 450 g/mol. The summed E-state index contributed by atoms with van der Waals surface area (Å²) in [5.41, 5.74) is 0. The molecule has 1 atom stereocenters. The Hall–Kier alpha value is -0.450. The quantitative estimate of drug-likeness (QED) is 0.744. The number of sulfone groups is 1. The number of carboxylic acids is 1. The summed E-state index contributed by atoms with van der Waals surface area (Å²) in [6, 6.07) is 0.811. The molecule has 1 aliphatic rings. The molecule has 1 aromatic rings. The smallest absolute Gasteiger partial charge is 0.305 e. The zero-order valence-corrected chi connectivity index (χ0v) is 15.4. The molecule has 2 rings (SSSR count). The highest BCUT2D eigenvalue weighted by molar-refractivity contribution is 9.13. The molecule has 1 unspecified atom stereocenters. The molecular formula is C11H11Br2NO5S2. The van der Waals surface area contributed by atoms with E-state index < -0.39 is 21.8 Å². The molecule has 1 fully saturated rings. The van der Waals surface area contributed by atoms with Crippen LogP contribution in [0.25, 0.3) is 0 Å². The van der Waals surface area contributed by atoms with Crippen molar-refractivity contribution in [1.29, 1.82) is 0 Å². The van der Waals surface area contributed by atoms with Crippen LogP contribution < -0.4 is 0 Å². The van der Waals surface area contributed by atoms with E-state index in [1.165, 1.54) is 16.2 Å². The Morgan fingerprint density at radius 3 is 2.62 bits per heavy atom. The number of carbonyl (C=O) groups is 2. The molecule has 0 aliphatic carbocycles. The molecule has 0 radical (unpaired) electrons. The maximum absolute atomic E-state index is 12.5. The predicted molar refractivity (Wildman–Crippen MR) is 85.5 cm³/mol. The van der Waals surface area contributed by atoms with E-state index in [9.17, 15) is 18.0 Å². The van der Waals surface area contributed by atoms with Crippen molar-refractivity contribution in [2.24, 2.45) is 0 Å². The number of carboxylic acid groups (broad SMARTS) is 1. The number of hydrogen-bond acceptors (Lipinski definition) is 5. The summed E-state index contributed by atoms with van der Waals surface area (Å²) >= 11 is 7.80. The first-order valence-electron chi connectivity index (χ1n) is 5.87. The van der Waals surface area contributed by atoms with Crippen LogP contribution in [0.2, 0.25) is 0 Å². The van der Waals surface area contributed by atoms with Crippen molar-refractivity contribution < 1.29 is 23.1 Å². The van der Waals surface area contributed by atoms with Crippen molar-refractivity contribution in [1.82, 2.24) is 4.90 Å². The highest BCUT2D eigenvalue weighted by atomic mass is 79.9. The summed E-state index contributed by atoms with van der Waals surface area (Å²) in [4.78, 5) is 25.2. The summed E-state index contributed by atoms with van der Waals surface area (Å²) in [5, 5.41) is 8.91. The highest BCUT2D eigenvalue weighted by Gasteiger charge is 2.36. The Balaban J connectivity index is 2.26. The van der Waals surface area contributed by atoms with Gasteiger partial charge in [0.05, 0.1) is 32.6 Å². The molecule has 1 aliphatic heterocycles. The first-order chi connectivity index (χ1) is 9.69. The van der Waals surface area contributed by atoms with Crippen LogP contribution in [-0.4, -0.2) is 54.4 Å². The minimum absolute atomic E-state index is 0.0201. The van der Waals surface area contributed by atoms with Gasteiger partial charge in [0, 0.05) is 11.0 Å². The van der Waals surface area contributed by atoms with Gasteiger partial charge in [-0.1, -0.05) is 0 Å². The van der Waals surface area contributed by atoms with Gasteiger partial charge in [-0.3, -0.25) is 9.59 Å². The third-order valence-corrected chi connectivity index (χ3v) is 8.00. The number of aliphatic carboxylic acids is 1. The normalized spacial score (nSPS) is 21.2. The number of nitrogens with zero attached hydrogens (tertiary/aromatic N) is 1. The molecule has 21 heavy (non-hydrogen) atoms. The number of thiophene rings is 1. The molecule has 2 heterocycles. The van der Waals surface area contributed by atoms with Crippen molar-refractivity contribution >= 4 is 64.9 Å². The van der Waals surface area contributed by atoms with E-state index >= 15 is 0 Å². The second-order valence-corrected chi connectivity index (χ2v) is 10.1. The van der Waals surface area contributed by atoms with Gasteiger partial charge in [0.2, 0.25) is 0 Å². The first kappa shape index (κ1) is 16.9. The van der Waals surface area contributed by atoms with Gasteiger partial charge >= 0.3 is 5.97 Å². The largest absolute Gasteiger partial charge is 0.481 e. The van der Waals surface area contributed by atoms with Crippen LogP contribution in [0, 0.1) is 0 Å². The average molecular weight is 461 g/mol. The van der Waals surface area contributed by atoms with Gasteiger partial charge in [0.25, 0.3) is 5.91 Å². The van der Waals surface area contributed by atoms with Crippen LogP contribution >= 0.6 is 43.2 Å². The molecule has 1 aromatic heterocycles. The third kappa shape index (κ3) is 4.05. The number of halogens is 2. The summed E-state index contributed by atoms with van der Waals surface area (Å²) in [6.07, 6.45) is -0.376.